The lowest BCUT2D eigenvalue weighted by Crippen LogP contribution is -2.26. The van der Waals surface area contributed by atoms with Gasteiger partial charge in [-0.15, -0.1) is 0 Å². The summed E-state index contributed by atoms with van der Waals surface area (Å²) in [5.74, 6) is 2.02. The van der Waals surface area contributed by atoms with E-state index in [4.69, 9.17) is 9.15 Å². The average Bonchev–Trinajstić information content (AvgIpc) is 2.77. The second-order valence-electron chi connectivity index (χ2n) is 4.80. The Morgan fingerprint density at radius 3 is 2.65 bits per heavy atom. The van der Waals surface area contributed by atoms with Crippen LogP contribution in [0.2, 0.25) is 0 Å². The predicted octanol–water partition coefficient (Wildman–Crippen LogP) is 3.40. The lowest BCUT2D eigenvalue weighted by molar-refractivity contribution is 0.0938. The van der Waals surface area contributed by atoms with Gasteiger partial charge in [0.25, 0.3) is 5.91 Å². The van der Waals surface area contributed by atoms with Crippen LogP contribution in [0.4, 0.5) is 0 Å². The minimum absolute atomic E-state index is 0.104. The highest BCUT2D eigenvalue weighted by atomic mass is 16.5. The molecule has 1 N–H and O–H groups in total. The van der Waals surface area contributed by atoms with E-state index in [-0.39, 0.29) is 11.9 Å². The molecule has 2 aromatic rings. The van der Waals surface area contributed by atoms with E-state index in [0.29, 0.717) is 11.3 Å². The van der Waals surface area contributed by atoms with Gasteiger partial charge >= 0.3 is 0 Å². The lowest BCUT2D eigenvalue weighted by atomic mass is 10.1. The third kappa shape index (κ3) is 3.02. The number of carbonyl (C=O) groups is 1. The van der Waals surface area contributed by atoms with Crippen molar-refractivity contribution in [1.82, 2.24) is 5.32 Å². The first-order valence-electron chi connectivity index (χ1n) is 6.53. The number of carbonyl (C=O) groups excluding carboxylic acids is 1. The summed E-state index contributed by atoms with van der Waals surface area (Å²) in [6, 6.07) is 9.31. The van der Waals surface area contributed by atoms with Crippen molar-refractivity contribution in [3.63, 3.8) is 0 Å². The van der Waals surface area contributed by atoms with E-state index in [9.17, 15) is 4.79 Å². The van der Waals surface area contributed by atoms with Crippen molar-refractivity contribution in [2.45, 2.75) is 26.8 Å². The van der Waals surface area contributed by atoms with Crippen molar-refractivity contribution in [2.75, 3.05) is 7.11 Å². The van der Waals surface area contributed by atoms with Gasteiger partial charge in [0.1, 0.15) is 17.3 Å². The smallest absolute Gasteiger partial charge is 0.255 e. The fourth-order valence-electron chi connectivity index (χ4n) is 2.12. The zero-order chi connectivity index (χ0) is 14.7. The maximum absolute atomic E-state index is 12.2. The van der Waals surface area contributed by atoms with Crippen LogP contribution in [0.3, 0.4) is 0 Å². The molecule has 2 rings (SSSR count). The molecular weight excluding hydrogens is 254 g/mol. The number of rotatable bonds is 4. The van der Waals surface area contributed by atoms with Crippen molar-refractivity contribution in [1.29, 1.82) is 0 Å². The van der Waals surface area contributed by atoms with Crippen LogP contribution in [0.15, 0.2) is 34.7 Å². The van der Waals surface area contributed by atoms with E-state index >= 15 is 0 Å². The SMILES string of the molecule is COc1cccc(C(C)NC(=O)c2cc(C)oc2C)c1. The maximum Gasteiger partial charge on any atom is 0.255 e. The third-order valence-electron chi connectivity index (χ3n) is 3.23. The zero-order valence-electron chi connectivity index (χ0n) is 12.2. The van der Waals surface area contributed by atoms with Crippen molar-refractivity contribution >= 4 is 5.91 Å². The van der Waals surface area contributed by atoms with Crippen LogP contribution in [0.5, 0.6) is 5.75 Å². The summed E-state index contributed by atoms with van der Waals surface area (Å²) >= 11 is 0. The van der Waals surface area contributed by atoms with Gasteiger partial charge in [0.15, 0.2) is 0 Å². The quantitative estimate of drug-likeness (QED) is 0.929. The molecule has 0 saturated heterocycles. The van der Waals surface area contributed by atoms with Crippen LogP contribution in [-0.2, 0) is 0 Å². The number of nitrogens with one attached hydrogen (secondary N) is 1. The predicted molar refractivity (Wildman–Crippen MR) is 77.1 cm³/mol. The Morgan fingerprint density at radius 2 is 2.05 bits per heavy atom. The first-order chi connectivity index (χ1) is 9.51. The number of methoxy groups -OCH3 is 1. The summed E-state index contributed by atoms with van der Waals surface area (Å²) in [6.07, 6.45) is 0. The molecule has 20 heavy (non-hydrogen) atoms. The zero-order valence-corrected chi connectivity index (χ0v) is 12.2. The molecule has 4 heteroatoms. The Bertz CT molecular complexity index is 616. The standard InChI is InChI=1S/C16H19NO3/c1-10-8-15(12(3)20-10)16(18)17-11(2)13-6-5-7-14(9-13)19-4/h5-9,11H,1-4H3,(H,17,18). The molecule has 0 radical (unpaired) electrons. The maximum atomic E-state index is 12.2. The molecule has 0 bridgehead atoms. The molecule has 0 aliphatic rings. The number of aryl methyl sites for hydroxylation is 2. The third-order valence-corrected chi connectivity index (χ3v) is 3.23. The Balaban J connectivity index is 2.12. The largest absolute Gasteiger partial charge is 0.497 e. The van der Waals surface area contributed by atoms with E-state index < -0.39 is 0 Å². The summed E-state index contributed by atoms with van der Waals surface area (Å²) in [7, 11) is 1.62. The second kappa shape index (κ2) is 5.82. The van der Waals surface area contributed by atoms with E-state index in [1.807, 2.05) is 38.1 Å². The summed E-state index contributed by atoms with van der Waals surface area (Å²) in [5.41, 5.74) is 1.58. The first kappa shape index (κ1) is 14.2. The van der Waals surface area contributed by atoms with Gasteiger partial charge in [-0.2, -0.15) is 0 Å². The summed E-state index contributed by atoms with van der Waals surface area (Å²) < 4.78 is 10.6. The van der Waals surface area contributed by atoms with Crippen molar-refractivity contribution in [3.05, 3.63) is 53.0 Å². The van der Waals surface area contributed by atoms with Crippen LogP contribution in [0.1, 0.15) is 40.4 Å². The Morgan fingerprint density at radius 1 is 1.30 bits per heavy atom. The van der Waals surface area contributed by atoms with Gasteiger partial charge in [0, 0.05) is 0 Å². The van der Waals surface area contributed by atoms with Gasteiger partial charge in [-0.3, -0.25) is 4.79 Å². The number of amides is 1. The average molecular weight is 273 g/mol. The molecule has 1 aromatic heterocycles. The molecule has 0 aliphatic carbocycles. The number of furan rings is 1. The monoisotopic (exact) mass is 273 g/mol. The van der Waals surface area contributed by atoms with Gasteiger partial charge in [0.05, 0.1) is 18.7 Å². The van der Waals surface area contributed by atoms with Crippen molar-refractivity contribution < 1.29 is 13.9 Å². The molecule has 1 aromatic carbocycles. The Kier molecular flexibility index (Phi) is 4.13. The van der Waals surface area contributed by atoms with E-state index in [1.165, 1.54) is 0 Å². The van der Waals surface area contributed by atoms with Gasteiger partial charge in [-0.1, -0.05) is 12.1 Å². The number of hydrogen-bond donors (Lipinski definition) is 1. The van der Waals surface area contributed by atoms with E-state index in [2.05, 4.69) is 5.32 Å². The fourth-order valence-corrected chi connectivity index (χ4v) is 2.12. The molecule has 1 atom stereocenters. The van der Waals surface area contributed by atoms with E-state index in [0.717, 1.165) is 17.1 Å². The van der Waals surface area contributed by atoms with Crippen LogP contribution in [-0.4, -0.2) is 13.0 Å². The topological polar surface area (TPSA) is 51.5 Å². The molecular formula is C16H19NO3. The molecule has 0 spiro atoms. The van der Waals surface area contributed by atoms with Crippen molar-refractivity contribution in [2.24, 2.45) is 0 Å². The Hall–Kier alpha value is -2.23. The second-order valence-corrected chi connectivity index (χ2v) is 4.80. The van der Waals surface area contributed by atoms with Crippen molar-refractivity contribution in [3.8, 4) is 5.75 Å². The molecule has 0 aliphatic heterocycles. The lowest BCUT2D eigenvalue weighted by Gasteiger charge is -2.14. The number of hydrogen-bond acceptors (Lipinski definition) is 3. The highest BCUT2D eigenvalue weighted by molar-refractivity contribution is 5.95. The molecule has 0 fully saturated rings. The molecule has 1 amide bonds. The minimum atomic E-state index is -0.130. The minimum Gasteiger partial charge on any atom is -0.497 e. The summed E-state index contributed by atoms with van der Waals surface area (Å²) in [6.45, 7) is 5.56. The summed E-state index contributed by atoms with van der Waals surface area (Å²) in [5, 5.41) is 2.96. The fraction of sp³-hybridized carbons (Fsp3) is 0.312. The molecule has 0 saturated carbocycles. The molecule has 1 heterocycles. The van der Waals surface area contributed by atoms with Crippen LogP contribution in [0.25, 0.3) is 0 Å². The van der Waals surface area contributed by atoms with Gasteiger partial charge in [0.2, 0.25) is 0 Å². The highest BCUT2D eigenvalue weighted by Crippen LogP contribution is 2.20. The van der Waals surface area contributed by atoms with Crippen LogP contribution >= 0.6 is 0 Å². The van der Waals surface area contributed by atoms with Gasteiger partial charge in [-0.25, -0.2) is 0 Å². The normalized spacial score (nSPS) is 12.0. The molecule has 4 nitrogen and oxygen atoms in total. The number of benzene rings is 1. The highest BCUT2D eigenvalue weighted by Gasteiger charge is 2.16. The summed E-state index contributed by atoms with van der Waals surface area (Å²) in [4.78, 5) is 12.2. The van der Waals surface area contributed by atoms with Gasteiger partial charge in [-0.05, 0) is 44.5 Å². The van der Waals surface area contributed by atoms with E-state index in [1.54, 1.807) is 20.1 Å². The molecule has 1 unspecified atom stereocenters. The van der Waals surface area contributed by atoms with Gasteiger partial charge < -0.3 is 14.5 Å². The van der Waals surface area contributed by atoms with Crippen LogP contribution in [0, 0.1) is 13.8 Å². The Labute approximate surface area is 118 Å². The molecule has 106 valence electrons. The van der Waals surface area contributed by atoms with Crippen LogP contribution < -0.4 is 10.1 Å². The first-order valence-corrected chi connectivity index (χ1v) is 6.53. The number of ether oxygens (including phenoxy) is 1.